The number of aliphatic hydroxyl groups is 6. The lowest BCUT2D eigenvalue weighted by atomic mass is 9.47. The van der Waals surface area contributed by atoms with E-state index in [1.54, 1.807) is 5.57 Å². The molecule has 43 heavy (non-hydrogen) atoms. The molecule has 0 unspecified atom stereocenters. The Hall–Kier alpha value is -1.11. The number of carbonyl (C=O) groups excluding carboxylic acids is 1. The van der Waals surface area contributed by atoms with Crippen LogP contribution in [0.25, 0.3) is 0 Å². The van der Waals surface area contributed by atoms with Gasteiger partial charge in [-0.3, -0.25) is 0 Å². The number of hydrogen-bond donors (Lipinski definition) is 6. The lowest BCUT2D eigenvalue weighted by Gasteiger charge is -2.58. The highest BCUT2D eigenvalue weighted by Crippen LogP contribution is 2.70. The zero-order valence-corrected chi connectivity index (χ0v) is 26.1. The second-order valence-electron chi connectivity index (χ2n) is 15.2. The van der Waals surface area contributed by atoms with Crippen molar-refractivity contribution in [3.05, 3.63) is 11.6 Å². The van der Waals surface area contributed by atoms with Gasteiger partial charge in [0, 0.05) is 12.3 Å². The number of fused-ring (bicyclic) bond motifs is 7. The molecule has 0 aromatic heterocycles. The Kier molecular flexibility index (Phi) is 9.47. The van der Waals surface area contributed by atoms with Gasteiger partial charge in [0.1, 0.15) is 24.4 Å². The van der Waals surface area contributed by atoms with Crippen molar-refractivity contribution in [1.29, 1.82) is 0 Å². The van der Waals surface area contributed by atoms with E-state index in [0.717, 1.165) is 43.6 Å². The molecule has 0 bridgehead atoms. The summed E-state index contributed by atoms with van der Waals surface area (Å²) in [7, 11) is 0. The van der Waals surface area contributed by atoms with Gasteiger partial charge in [-0.15, -0.1) is 0 Å². The van der Waals surface area contributed by atoms with Crippen LogP contribution in [0.2, 0.25) is 0 Å². The number of aliphatic carboxylic acids is 1. The molecule has 5 fully saturated rings. The van der Waals surface area contributed by atoms with Crippen LogP contribution in [0.4, 0.5) is 0 Å². The summed E-state index contributed by atoms with van der Waals surface area (Å²) in [6.07, 6.45) is 5.38. The fraction of sp³-hybridized carbons (Fsp3) is 0.909. The van der Waals surface area contributed by atoms with E-state index in [1.165, 1.54) is 38.5 Å². The molecule has 1 spiro atoms. The number of ether oxygens (including phenoxy) is 2. The molecule has 2 aliphatic heterocycles. The van der Waals surface area contributed by atoms with Crippen molar-refractivity contribution in [2.75, 3.05) is 13.2 Å². The summed E-state index contributed by atoms with van der Waals surface area (Å²) in [6.45, 7) is 9.91. The first-order valence-corrected chi connectivity index (χ1v) is 16.4. The summed E-state index contributed by atoms with van der Waals surface area (Å²) < 4.78 is 13.3. The average Bonchev–Trinajstić information content (AvgIpc) is 3.43. The van der Waals surface area contributed by atoms with E-state index in [2.05, 4.69) is 33.8 Å². The number of hydrogen-bond acceptors (Lipinski definition) is 10. The normalized spacial score (nSPS) is 47.9. The van der Waals surface area contributed by atoms with Gasteiger partial charge in [-0.2, -0.15) is 0 Å². The molecule has 10 heteroatoms. The van der Waals surface area contributed by atoms with E-state index in [1.807, 2.05) is 0 Å². The molecule has 0 aromatic rings. The minimum atomic E-state index is -2.31. The molecule has 0 amide bonds. The maximum absolute atomic E-state index is 10.3. The molecular formula is C33H53O10-. The lowest BCUT2D eigenvalue weighted by molar-refractivity contribution is -0.320. The minimum Gasteiger partial charge on any atom is -0.547 e. The Balaban J connectivity index is 0.000000242. The molecule has 10 nitrogen and oxygen atoms in total. The first-order chi connectivity index (χ1) is 20.2. The Bertz CT molecular complexity index is 1040. The van der Waals surface area contributed by atoms with Crippen LogP contribution in [0.3, 0.4) is 0 Å². The summed E-state index contributed by atoms with van der Waals surface area (Å²) in [5, 5.41) is 63.7. The molecule has 15 atom stereocenters. The Morgan fingerprint density at radius 2 is 1.77 bits per heavy atom. The van der Waals surface area contributed by atoms with Gasteiger partial charge in [0.2, 0.25) is 0 Å². The predicted octanol–water partition coefficient (Wildman–Crippen LogP) is 0.886. The zero-order valence-electron chi connectivity index (χ0n) is 26.1. The lowest BCUT2D eigenvalue weighted by Crippen LogP contribution is -2.52. The Labute approximate surface area is 255 Å². The monoisotopic (exact) mass is 609 g/mol. The largest absolute Gasteiger partial charge is 0.547 e. The number of carbonyl (C=O) groups is 1. The SMILES string of the molecule is C[C@@H]1CC[C@@]2(OC1)O[C@H]1C[C@H]3[C@@H]4CC=C5C[C@@H](O)CC[C@]5(C)[C@H]4CC[C@]3(C)[C@H]1[C@@H]2C.O=C([O-])[C@H](O)[C@@H](O)[C@H](O)[C@H](O)CO. The molecule has 6 N–H and O–H groups in total. The van der Waals surface area contributed by atoms with Gasteiger partial charge in [-0.25, -0.2) is 0 Å². The van der Waals surface area contributed by atoms with Crippen LogP contribution in [-0.2, 0) is 14.3 Å². The van der Waals surface area contributed by atoms with Gasteiger partial charge in [0.05, 0.1) is 31.4 Å². The number of carboxylic acids is 1. The number of carboxylic acid groups (broad SMARTS) is 1. The van der Waals surface area contributed by atoms with Crippen molar-refractivity contribution in [3.8, 4) is 0 Å². The standard InChI is InChI=1S/C27H42O3.C6H12O7/c1-16-7-12-27(29-15-16)17(2)24-23(30-27)14-22-20-6-5-18-13-19(28)8-10-25(18,3)21(20)9-11-26(22,24)4;7-1-2(8)3(9)4(10)5(11)6(12)13/h5,16-17,19-24,28H,6-15H2,1-4H3;2-5,7-11H,1H2,(H,12,13)/p-1/t16-,17+,19+,20-,21+,22+,23+,24+,25+,26+,27-;2-,3-,4+,5-/m11/s1. The van der Waals surface area contributed by atoms with Crippen molar-refractivity contribution in [2.45, 2.75) is 128 Å². The second-order valence-corrected chi connectivity index (χ2v) is 15.2. The van der Waals surface area contributed by atoms with E-state index in [4.69, 9.17) is 35.0 Å². The van der Waals surface area contributed by atoms with Crippen molar-refractivity contribution in [2.24, 2.45) is 46.3 Å². The maximum Gasteiger partial charge on any atom is 0.171 e. The third kappa shape index (κ3) is 5.62. The minimum absolute atomic E-state index is 0.107. The second kappa shape index (κ2) is 12.2. The van der Waals surface area contributed by atoms with Gasteiger partial charge in [-0.05, 0) is 91.8 Å². The smallest absolute Gasteiger partial charge is 0.171 e. The average molecular weight is 610 g/mol. The van der Waals surface area contributed by atoms with Gasteiger partial charge in [0.25, 0.3) is 0 Å². The highest BCUT2D eigenvalue weighted by Gasteiger charge is 2.68. The molecule has 246 valence electrons. The van der Waals surface area contributed by atoms with Crippen LogP contribution in [0.1, 0.15) is 85.5 Å². The molecule has 3 saturated carbocycles. The summed E-state index contributed by atoms with van der Waals surface area (Å²) in [5.41, 5.74) is 2.31. The fourth-order valence-corrected chi connectivity index (χ4v) is 10.3. The van der Waals surface area contributed by atoms with E-state index in [9.17, 15) is 15.0 Å². The van der Waals surface area contributed by atoms with E-state index < -0.39 is 37.0 Å². The van der Waals surface area contributed by atoms with Gasteiger partial charge >= 0.3 is 0 Å². The predicted molar refractivity (Wildman–Crippen MR) is 154 cm³/mol. The fourth-order valence-electron chi connectivity index (χ4n) is 10.3. The van der Waals surface area contributed by atoms with Crippen LogP contribution < -0.4 is 5.11 Å². The zero-order chi connectivity index (χ0) is 31.5. The van der Waals surface area contributed by atoms with Gasteiger partial charge in [-0.1, -0.05) is 39.3 Å². The van der Waals surface area contributed by atoms with E-state index in [-0.39, 0.29) is 11.9 Å². The molecule has 0 aromatic carbocycles. The van der Waals surface area contributed by atoms with Crippen molar-refractivity contribution < 1.29 is 50.0 Å². The van der Waals surface area contributed by atoms with Crippen molar-refractivity contribution >= 4 is 5.97 Å². The number of rotatable bonds is 5. The van der Waals surface area contributed by atoms with Crippen molar-refractivity contribution in [1.82, 2.24) is 0 Å². The van der Waals surface area contributed by atoms with Gasteiger partial charge < -0.3 is 50.0 Å². The van der Waals surface area contributed by atoms with E-state index >= 15 is 0 Å². The van der Waals surface area contributed by atoms with Crippen LogP contribution in [0.5, 0.6) is 0 Å². The Morgan fingerprint density at radius 1 is 1.05 bits per heavy atom. The van der Waals surface area contributed by atoms with Crippen LogP contribution in [0, 0.1) is 46.3 Å². The molecule has 0 radical (unpaired) electrons. The summed E-state index contributed by atoms with van der Waals surface area (Å²) in [4.78, 5) is 9.98. The van der Waals surface area contributed by atoms with Crippen molar-refractivity contribution in [3.63, 3.8) is 0 Å². The first kappa shape index (κ1) is 33.3. The third-order valence-corrected chi connectivity index (χ3v) is 12.8. The summed E-state index contributed by atoms with van der Waals surface area (Å²) in [6, 6.07) is 0. The van der Waals surface area contributed by atoms with Crippen LogP contribution in [0.15, 0.2) is 11.6 Å². The number of aliphatic hydroxyl groups excluding tert-OH is 6. The summed E-state index contributed by atoms with van der Waals surface area (Å²) >= 11 is 0. The third-order valence-electron chi connectivity index (χ3n) is 12.8. The first-order valence-electron chi connectivity index (χ1n) is 16.4. The van der Waals surface area contributed by atoms with Crippen LogP contribution >= 0.6 is 0 Å². The molecular weight excluding hydrogens is 556 g/mol. The number of allylic oxidation sites excluding steroid dienone is 1. The van der Waals surface area contributed by atoms with Crippen LogP contribution in [-0.4, -0.2) is 92.2 Å². The van der Waals surface area contributed by atoms with Gasteiger partial charge in [0.15, 0.2) is 5.79 Å². The highest BCUT2D eigenvalue weighted by molar-refractivity contribution is 5.70. The Morgan fingerprint density at radius 3 is 2.40 bits per heavy atom. The molecule has 6 aliphatic rings. The molecule has 2 heterocycles. The maximum atomic E-state index is 10.3. The van der Waals surface area contributed by atoms with E-state index in [0.29, 0.717) is 34.7 Å². The molecule has 4 aliphatic carbocycles. The molecule has 6 rings (SSSR count). The topological polar surface area (TPSA) is 180 Å². The summed E-state index contributed by atoms with van der Waals surface area (Å²) in [5.74, 6) is 1.96. The highest BCUT2D eigenvalue weighted by atomic mass is 16.7. The molecule has 2 saturated heterocycles. The quantitative estimate of drug-likeness (QED) is 0.245.